The molecular formula is C27H32N2O5S. The van der Waals surface area contributed by atoms with Crippen LogP contribution in [0.2, 0.25) is 0 Å². The monoisotopic (exact) mass is 496 g/mol. The van der Waals surface area contributed by atoms with Crippen molar-refractivity contribution in [3.05, 3.63) is 90.0 Å². The third kappa shape index (κ3) is 8.33. The number of nitrogens with zero attached hydrogens (tertiary/aromatic N) is 1. The van der Waals surface area contributed by atoms with Crippen LogP contribution in [0.15, 0.2) is 78.9 Å². The normalized spacial score (nSPS) is 11.0. The molecule has 0 saturated heterocycles. The number of anilines is 1. The molecule has 0 aliphatic carbocycles. The van der Waals surface area contributed by atoms with Crippen LogP contribution in [0.25, 0.3) is 0 Å². The topological polar surface area (TPSA) is 84.9 Å². The minimum absolute atomic E-state index is 0.293. The van der Waals surface area contributed by atoms with Gasteiger partial charge in [0.1, 0.15) is 24.7 Å². The summed E-state index contributed by atoms with van der Waals surface area (Å²) in [6.07, 6.45) is 2.55. The lowest BCUT2D eigenvalue weighted by Gasteiger charge is -2.22. The largest absolute Gasteiger partial charge is 0.494 e. The van der Waals surface area contributed by atoms with E-state index in [9.17, 15) is 13.2 Å². The van der Waals surface area contributed by atoms with E-state index in [1.54, 1.807) is 24.3 Å². The molecule has 7 nitrogen and oxygen atoms in total. The number of hydrogen-bond donors (Lipinski definition) is 1. The molecule has 1 N–H and O–H groups in total. The van der Waals surface area contributed by atoms with Gasteiger partial charge < -0.3 is 14.8 Å². The Balaban J connectivity index is 1.52. The molecule has 0 radical (unpaired) electrons. The first kappa shape index (κ1) is 26.1. The van der Waals surface area contributed by atoms with Gasteiger partial charge in [0.25, 0.3) is 0 Å². The van der Waals surface area contributed by atoms with Crippen molar-refractivity contribution in [3.8, 4) is 11.5 Å². The smallest absolute Gasteiger partial charge is 0.240 e. The molecule has 0 heterocycles. The van der Waals surface area contributed by atoms with Crippen LogP contribution in [0.5, 0.6) is 11.5 Å². The maximum Gasteiger partial charge on any atom is 0.240 e. The second-order valence-corrected chi connectivity index (χ2v) is 9.94. The molecule has 3 rings (SSSR count). The minimum atomic E-state index is -3.65. The molecule has 3 aromatic carbocycles. The van der Waals surface area contributed by atoms with Crippen LogP contribution in [0, 0.1) is 0 Å². The van der Waals surface area contributed by atoms with Crippen molar-refractivity contribution < 1.29 is 22.7 Å². The number of ether oxygens (including phenoxy) is 2. The summed E-state index contributed by atoms with van der Waals surface area (Å²) in [7, 11) is -3.65. The molecule has 0 aliphatic heterocycles. The van der Waals surface area contributed by atoms with Gasteiger partial charge >= 0.3 is 0 Å². The fourth-order valence-electron chi connectivity index (χ4n) is 3.55. The summed E-state index contributed by atoms with van der Waals surface area (Å²) in [6.45, 7) is 3.08. The molecule has 3 aromatic rings. The van der Waals surface area contributed by atoms with E-state index >= 15 is 0 Å². The fraction of sp³-hybridized carbons (Fsp3) is 0.296. The molecule has 186 valence electrons. The molecule has 0 aliphatic rings. The van der Waals surface area contributed by atoms with Crippen LogP contribution < -0.4 is 19.1 Å². The summed E-state index contributed by atoms with van der Waals surface area (Å²) in [4.78, 5) is 12.5. The number of para-hydroxylation sites is 1. The first-order valence-corrected chi connectivity index (χ1v) is 13.4. The molecule has 0 saturated carbocycles. The Bertz CT molecular complexity index is 1180. The number of amides is 1. The summed E-state index contributed by atoms with van der Waals surface area (Å²) < 4.78 is 37.2. The fourth-order valence-corrected chi connectivity index (χ4v) is 4.41. The predicted octanol–water partition coefficient (Wildman–Crippen LogP) is 4.18. The van der Waals surface area contributed by atoms with Crippen LogP contribution in [-0.4, -0.2) is 40.3 Å². The van der Waals surface area contributed by atoms with Crippen molar-refractivity contribution in [1.29, 1.82) is 0 Å². The maximum absolute atomic E-state index is 12.5. The molecule has 0 bridgehead atoms. The number of hydrogen-bond acceptors (Lipinski definition) is 5. The summed E-state index contributed by atoms with van der Waals surface area (Å²) in [5.74, 6) is 1.10. The Hall–Kier alpha value is -3.52. The average molecular weight is 497 g/mol. The number of sulfonamides is 1. The molecule has 0 unspecified atom stereocenters. The Morgan fingerprint density at radius 3 is 2.29 bits per heavy atom. The summed E-state index contributed by atoms with van der Waals surface area (Å²) in [5, 5.41) is 2.82. The standard InChI is InChI=1S/C27H32N2O5S/c1-3-33-26-14-8-7-12-23(26)13-9-19-28-27(30)20-29(35(2,31)32)24-15-17-25(18-16-24)34-21-22-10-5-4-6-11-22/h4-8,10-12,14-18H,3,9,13,19-21H2,1-2H3,(H,28,30). The third-order valence-electron chi connectivity index (χ3n) is 5.28. The van der Waals surface area contributed by atoms with Gasteiger partial charge in [-0.2, -0.15) is 0 Å². The van der Waals surface area contributed by atoms with Crippen molar-refractivity contribution in [3.63, 3.8) is 0 Å². The van der Waals surface area contributed by atoms with Gasteiger partial charge in [0, 0.05) is 6.54 Å². The van der Waals surface area contributed by atoms with Crippen molar-refractivity contribution >= 4 is 21.6 Å². The van der Waals surface area contributed by atoms with Gasteiger partial charge in [-0.05, 0) is 61.2 Å². The number of nitrogens with one attached hydrogen (secondary N) is 1. The number of benzene rings is 3. The molecule has 0 fully saturated rings. The molecule has 35 heavy (non-hydrogen) atoms. The van der Waals surface area contributed by atoms with Gasteiger partial charge in [0.15, 0.2) is 0 Å². The quantitative estimate of drug-likeness (QED) is 0.359. The lowest BCUT2D eigenvalue weighted by Crippen LogP contribution is -2.40. The van der Waals surface area contributed by atoms with Crippen molar-refractivity contribution in [2.24, 2.45) is 0 Å². The Morgan fingerprint density at radius 2 is 1.60 bits per heavy atom. The zero-order chi connectivity index (χ0) is 25.1. The first-order chi connectivity index (χ1) is 16.9. The number of carbonyl (C=O) groups excluding carboxylic acids is 1. The van der Waals surface area contributed by atoms with E-state index in [-0.39, 0.29) is 12.5 Å². The molecule has 0 spiro atoms. The van der Waals surface area contributed by atoms with E-state index in [4.69, 9.17) is 9.47 Å². The second kappa shape index (κ2) is 12.8. The average Bonchev–Trinajstić information content (AvgIpc) is 2.85. The number of rotatable bonds is 13. The van der Waals surface area contributed by atoms with E-state index < -0.39 is 10.0 Å². The number of carbonyl (C=O) groups is 1. The first-order valence-electron chi connectivity index (χ1n) is 11.6. The molecule has 1 amide bonds. The predicted molar refractivity (Wildman–Crippen MR) is 138 cm³/mol. The molecule has 8 heteroatoms. The van der Waals surface area contributed by atoms with Crippen molar-refractivity contribution in [1.82, 2.24) is 5.32 Å². The van der Waals surface area contributed by atoms with Gasteiger partial charge in [-0.1, -0.05) is 48.5 Å². The highest BCUT2D eigenvalue weighted by atomic mass is 32.2. The van der Waals surface area contributed by atoms with Crippen molar-refractivity contribution in [2.75, 3.05) is 30.3 Å². The lowest BCUT2D eigenvalue weighted by molar-refractivity contribution is -0.119. The molecule has 0 aromatic heterocycles. The van der Waals surface area contributed by atoms with E-state index in [0.717, 1.165) is 33.9 Å². The number of aryl methyl sites for hydroxylation is 1. The van der Waals surface area contributed by atoms with Crippen LogP contribution in [0.4, 0.5) is 5.69 Å². The molecular weight excluding hydrogens is 464 g/mol. The highest BCUT2D eigenvalue weighted by molar-refractivity contribution is 7.92. The van der Waals surface area contributed by atoms with Gasteiger partial charge in [0.2, 0.25) is 15.9 Å². The minimum Gasteiger partial charge on any atom is -0.494 e. The van der Waals surface area contributed by atoms with Gasteiger partial charge in [0.05, 0.1) is 18.6 Å². The lowest BCUT2D eigenvalue weighted by atomic mass is 10.1. The van der Waals surface area contributed by atoms with Crippen LogP contribution in [-0.2, 0) is 27.8 Å². The van der Waals surface area contributed by atoms with Crippen LogP contribution >= 0.6 is 0 Å². The van der Waals surface area contributed by atoms with Crippen LogP contribution in [0.1, 0.15) is 24.5 Å². The third-order valence-corrected chi connectivity index (χ3v) is 6.42. The van der Waals surface area contributed by atoms with E-state index in [2.05, 4.69) is 5.32 Å². The van der Waals surface area contributed by atoms with Gasteiger partial charge in [-0.15, -0.1) is 0 Å². The molecule has 0 atom stereocenters. The zero-order valence-corrected chi connectivity index (χ0v) is 21.0. The second-order valence-electron chi connectivity index (χ2n) is 8.03. The van der Waals surface area contributed by atoms with E-state index in [1.807, 2.05) is 61.5 Å². The summed E-state index contributed by atoms with van der Waals surface area (Å²) >= 11 is 0. The van der Waals surface area contributed by atoms with E-state index in [0.29, 0.717) is 37.6 Å². The Labute approximate surface area is 207 Å². The van der Waals surface area contributed by atoms with Gasteiger partial charge in [-0.3, -0.25) is 9.10 Å². The summed E-state index contributed by atoms with van der Waals surface area (Å²) in [5.41, 5.74) is 2.52. The maximum atomic E-state index is 12.5. The van der Waals surface area contributed by atoms with Crippen molar-refractivity contribution in [2.45, 2.75) is 26.4 Å². The SMILES string of the molecule is CCOc1ccccc1CCCNC(=O)CN(c1ccc(OCc2ccccc2)cc1)S(C)(=O)=O. The highest BCUT2D eigenvalue weighted by Gasteiger charge is 2.20. The summed E-state index contributed by atoms with van der Waals surface area (Å²) in [6, 6.07) is 24.3. The van der Waals surface area contributed by atoms with Crippen LogP contribution in [0.3, 0.4) is 0 Å². The zero-order valence-electron chi connectivity index (χ0n) is 20.1. The van der Waals surface area contributed by atoms with Gasteiger partial charge in [-0.25, -0.2) is 8.42 Å². The van der Waals surface area contributed by atoms with E-state index in [1.165, 1.54) is 0 Å². The highest BCUT2D eigenvalue weighted by Crippen LogP contribution is 2.22. The Kier molecular flexibility index (Phi) is 9.55. The Morgan fingerprint density at radius 1 is 0.914 bits per heavy atom.